The number of halogens is 3. The zero-order valence-electron chi connectivity index (χ0n) is 6.51. The number of alkyl halides is 3. The van der Waals surface area contributed by atoms with Crippen LogP contribution in [0.2, 0.25) is 0 Å². The third kappa shape index (κ3) is 4.21. The molecular weight excluding hydrogens is 226 g/mol. The zero-order chi connectivity index (χ0) is 9.94. The first-order chi connectivity index (χ1) is 5.25. The second-order valence-corrected chi connectivity index (χ2v) is 4.66. The van der Waals surface area contributed by atoms with Gasteiger partial charge in [0.05, 0.1) is 0 Å². The van der Waals surface area contributed by atoms with Crippen LogP contribution >= 0.6 is 34.8 Å². The monoisotopic (exact) mass is 234 g/mol. The largest absolute Gasteiger partial charge is 0.369 e. The van der Waals surface area contributed by atoms with Crippen molar-refractivity contribution in [3.05, 3.63) is 0 Å². The minimum atomic E-state index is -1.91. The Morgan fingerprint density at radius 1 is 1.50 bits per heavy atom. The minimum absolute atomic E-state index is 0.533. The molecule has 0 aliphatic heterocycles. The summed E-state index contributed by atoms with van der Waals surface area (Å²) in [5, 5.41) is 11.1. The van der Waals surface area contributed by atoms with E-state index in [0.29, 0.717) is 0 Å². The normalized spacial score (nSPS) is 13.8. The van der Waals surface area contributed by atoms with Gasteiger partial charge in [0.15, 0.2) is 6.23 Å². The van der Waals surface area contributed by atoms with Gasteiger partial charge >= 0.3 is 6.03 Å². The fraction of sp³-hybridized carbons (Fsp3) is 0.800. The number of hydrogen-bond donors (Lipinski definition) is 2. The van der Waals surface area contributed by atoms with E-state index in [1.807, 2.05) is 0 Å². The van der Waals surface area contributed by atoms with Gasteiger partial charge in [-0.15, -0.1) is 0 Å². The average Bonchev–Trinajstić information content (AvgIpc) is 1.85. The van der Waals surface area contributed by atoms with E-state index in [1.165, 1.54) is 19.0 Å². The van der Waals surface area contributed by atoms with Gasteiger partial charge in [-0.25, -0.2) is 4.79 Å². The van der Waals surface area contributed by atoms with Crippen LogP contribution in [0.5, 0.6) is 0 Å². The number of nitrogens with one attached hydrogen (secondary N) is 1. The van der Waals surface area contributed by atoms with Crippen molar-refractivity contribution in [1.29, 1.82) is 0 Å². The van der Waals surface area contributed by atoms with Crippen molar-refractivity contribution < 1.29 is 9.90 Å². The molecule has 0 fully saturated rings. The Balaban J connectivity index is 4.02. The summed E-state index contributed by atoms with van der Waals surface area (Å²) in [5.74, 6) is 0. The summed E-state index contributed by atoms with van der Waals surface area (Å²) in [5.41, 5.74) is 0. The quantitative estimate of drug-likeness (QED) is 0.525. The van der Waals surface area contributed by atoms with E-state index in [-0.39, 0.29) is 0 Å². The summed E-state index contributed by atoms with van der Waals surface area (Å²) in [7, 11) is 3.00. The highest BCUT2D eigenvalue weighted by Gasteiger charge is 2.32. The number of carbonyl (C=O) groups excluding carboxylic acids is 1. The second kappa shape index (κ2) is 4.37. The van der Waals surface area contributed by atoms with Gasteiger partial charge in [-0.1, -0.05) is 34.8 Å². The Hall–Kier alpha value is 0.1000. The highest BCUT2D eigenvalue weighted by Crippen LogP contribution is 2.28. The summed E-state index contributed by atoms with van der Waals surface area (Å²) < 4.78 is -1.91. The molecular formula is C5H9Cl3N2O2. The Kier molecular flexibility index (Phi) is 4.40. The van der Waals surface area contributed by atoms with Gasteiger partial charge in [-0.3, -0.25) is 0 Å². The van der Waals surface area contributed by atoms with E-state index >= 15 is 0 Å². The molecule has 0 saturated carbocycles. The Labute approximate surface area is 85.4 Å². The van der Waals surface area contributed by atoms with Gasteiger partial charge in [0.2, 0.25) is 3.79 Å². The van der Waals surface area contributed by atoms with Crippen LogP contribution in [0.4, 0.5) is 4.79 Å². The van der Waals surface area contributed by atoms with Gasteiger partial charge in [0.1, 0.15) is 0 Å². The van der Waals surface area contributed by atoms with Crippen LogP contribution in [-0.2, 0) is 0 Å². The van der Waals surface area contributed by atoms with Gasteiger partial charge in [0.25, 0.3) is 0 Å². The summed E-state index contributed by atoms with van der Waals surface area (Å²) in [6.07, 6.45) is -1.52. The molecule has 0 saturated heterocycles. The molecule has 0 aliphatic rings. The molecule has 0 spiro atoms. The standard InChI is InChI=1S/C5H9Cl3N2O2/c1-10(2)4(12)9-3(11)5(6,7)8/h3,11H,1-2H3,(H,9,12)/t3-/m1/s1. The minimum Gasteiger partial charge on any atom is -0.369 e. The van der Waals surface area contributed by atoms with E-state index in [9.17, 15) is 4.79 Å². The molecule has 4 nitrogen and oxygen atoms in total. The number of aliphatic hydroxyl groups is 1. The number of urea groups is 1. The predicted molar refractivity (Wildman–Crippen MR) is 48.5 cm³/mol. The molecule has 0 heterocycles. The maximum Gasteiger partial charge on any atom is 0.318 e. The van der Waals surface area contributed by atoms with Gasteiger partial charge in [0, 0.05) is 14.1 Å². The van der Waals surface area contributed by atoms with Crippen molar-refractivity contribution in [2.24, 2.45) is 0 Å². The number of nitrogens with zero attached hydrogens (tertiary/aromatic N) is 1. The fourth-order valence-corrected chi connectivity index (χ4v) is 0.492. The maximum atomic E-state index is 10.9. The third-order valence-electron chi connectivity index (χ3n) is 0.976. The van der Waals surface area contributed by atoms with Crippen molar-refractivity contribution in [1.82, 2.24) is 10.2 Å². The van der Waals surface area contributed by atoms with Crippen LogP contribution in [0, 0.1) is 0 Å². The van der Waals surface area contributed by atoms with E-state index in [0.717, 1.165) is 0 Å². The average molecular weight is 235 g/mol. The van der Waals surface area contributed by atoms with Crippen molar-refractivity contribution in [3.8, 4) is 0 Å². The lowest BCUT2D eigenvalue weighted by molar-refractivity contribution is 0.135. The molecule has 72 valence electrons. The topological polar surface area (TPSA) is 52.6 Å². The molecule has 0 radical (unpaired) electrons. The molecule has 2 amide bonds. The lowest BCUT2D eigenvalue weighted by atomic mass is 10.6. The molecule has 7 heteroatoms. The molecule has 0 aromatic heterocycles. The first-order valence-electron chi connectivity index (χ1n) is 2.97. The first kappa shape index (κ1) is 12.1. The maximum absolute atomic E-state index is 10.9. The van der Waals surface area contributed by atoms with Crippen LogP contribution in [-0.4, -0.2) is 40.2 Å². The van der Waals surface area contributed by atoms with Crippen LogP contribution in [0.1, 0.15) is 0 Å². The highest BCUT2D eigenvalue weighted by molar-refractivity contribution is 6.68. The molecule has 0 aliphatic carbocycles. The van der Waals surface area contributed by atoms with E-state index in [2.05, 4.69) is 5.32 Å². The van der Waals surface area contributed by atoms with Crippen LogP contribution in [0.25, 0.3) is 0 Å². The van der Waals surface area contributed by atoms with E-state index in [4.69, 9.17) is 39.9 Å². The van der Waals surface area contributed by atoms with E-state index in [1.54, 1.807) is 0 Å². The molecule has 0 rings (SSSR count). The first-order valence-corrected chi connectivity index (χ1v) is 4.11. The number of hydrogen-bond acceptors (Lipinski definition) is 2. The second-order valence-electron chi connectivity index (χ2n) is 2.29. The molecule has 0 bridgehead atoms. The third-order valence-corrected chi connectivity index (χ3v) is 1.60. The van der Waals surface area contributed by atoms with Crippen molar-refractivity contribution in [2.45, 2.75) is 10.0 Å². The molecule has 2 N–H and O–H groups in total. The number of carbonyl (C=O) groups is 1. The van der Waals surface area contributed by atoms with Crippen molar-refractivity contribution in [2.75, 3.05) is 14.1 Å². The number of amides is 2. The summed E-state index contributed by atoms with van der Waals surface area (Å²) in [6.45, 7) is 0. The predicted octanol–water partition coefficient (Wildman–Crippen LogP) is 0.946. The number of rotatable bonds is 1. The zero-order valence-corrected chi connectivity index (χ0v) is 8.78. The van der Waals surface area contributed by atoms with Crippen molar-refractivity contribution in [3.63, 3.8) is 0 Å². The smallest absolute Gasteiger partial charge is 0.318 e. The summed E-state index contributed by atoms with van der Waals surface area (Å²) in [4.78, 5) is 12.1. The SMILES string of the molecule is CN(C)C(=O)N[C@H](O)C(Cl)(Cl)Cl. The number of aliphatic hydroxyl groups excluding tert-OH is 1. The van der Waals surface area contributed by atoms with Crippen LogP contribution in [0.15, 0.2) is 0 Å². The lowest BCUT2D eigenvalue weighted by Gasteiger charge is -2.21. The Morgan fingerprint density at radius 2 is 1.92 bits per heavy atom. The van der Waals surface area contributed by atoms with E-state index < -0.39 is 16.1 Å². The summed E-state index contributed by atoms with van der Waals surface area (Å²) in [6, 6.07) is -0.533. The van der Waals surface area contributed by atoms with Gasteiger partial charge < -0.3 is 15.3 Å². The van der Waals surface area contributed by atoms with Crippen LogP contribution < -0.4 is 5.32 Å². The van der Waals surface area contributed by atoms with Crippen molar-refractivity contribution >= 4 is 40.8 Å². The molecule has 0 unspecified atom stereocenters. The molecule has 0 aromatic carbocycles. The lowest BCUT2D eigenvalue weighted by Crippen LogP contribution is -2.47. The molecule has 1 atom stereocenters. The fourth-order valence-electron chi connectivity index (χ4n) is 0.328. The van der Waals surface area contributed by atoms with Crippen LogP contribution in [0.3, 0.4) is 0 Å². The Morgan fingerprint density at radius 3 is 2.17 bits per heavy atom. The molecule has 12 heavy (non-hydrogen) atoms. The van der Waals surface area contributed by atoms with Gasteiger partial charge in [-0.05, 0) is 0 Å². The van der Waals surface area contributed by atoms with Gasteiger partial charge in [-0.2, -0.15) is 0 Å². The Bertz CT molecular complexity index is 169. The molecule has 0 aromatic rings. The highest BCUT2D eigenvalue weighted by atomic mass is 35.6. The summed E-state index contributed by atoms with van der Waals surface area (Å²) >= 11 is 15.8.